The molecule has 0 fully saturated rings. The van der Waals surface area contributed by atoms with Crippen molar-refractivity contribution in [2.24, 2.45) is 5.73 Å². The van der Waals surface area contributed by atoms with Gasteiger partial charge in [-0.15, -0.1) is 0 Å². The lowest BCUT2D eigenvalue weighted by Crippen LogP contribution is -2.31. The standard InChI is InChI=1S/C21H16BrNO5/c1-2-26-20(24)17-15(11-7-3-5-9-13(11)22)16-18(28-19(17)23)12-8-4-6-10-14(12)27-21(16)25/h3-10,15H,2,23H2,1H3/t15-/m0/s1. The van der Waals surface area contributed by atoms with Crippen LogP contribution in [-0.2, 0) is 9.53 Å². The molecule has 0 unspecified atom stereocenters. The summed E-state index contributed by atoms with van der Waals surface area (Å²) in [5.74, 6) is -1.24. The second-order valence-electron chi connectivity index (χ2n) is 6.18. The first-order valence-corrected chi connectivity index (χ1v) is 9.47. The van der Waals surface area contributed by atoms with Gasteiger partial charge in [-0.2, -0.15) is 0 Å². The second kappa shape index (κ2) is 7.16. The van der Waals surface area contributed by atoms with E-state index in [1.807, 2.05) is 24.3 Å². The third-order valence-electron chi connectivity index (χ3n) is 4.57. The molecule has 142 valence electrons. The molecular weight excluding hydrogens is 426 g/mol. The lowest BCUT2D eigenvalue weighted by molar-refractivity contribution is -0.139. The van der Waals surface area contributed by atoms with Gasteiger partial charge in [0.1, 0.15) is 11.2 Å². The molecule has 0 amide bonds. The van der Waals surface area contributed by atoms with Gasteiger partial charge in [0.05, 0.1) is 23.5 Å². The van der Waals surface area contributed by atoms with Gasteiger partial charge < -0.3 is 19.6 Å². The zero-order valence-electron chi connectivity index (χ0n) is 14.9. The maximum Gasteiger partial charge on any atom is 0.344 e. The fourth-order valence-corrected chi connectivity index (χ4v) is 3.91. The monoisotopic (exact) mass is 441 g/mol. The van der Waals surface area contributed by atoms with Crippen molar-refractivity contribution in [2.45, 2.75) is 12.8 Å². The van der Waals surface area contributed by atoms with Gasteiger partial charge in [-0.05, 0) is 30.7 Å². The van der Waals surface area contributed by atoms with Gasteiger partial charge in [-0.1, -0.05) is 46.3 Å². The number of esters is 1. The quantitative estimate of drug-likeness (QED) is 0.490. The van der Waals surface area contributed by atoms with Crippen LogP contribution in [0.4, 0.5) is 0 Å². The lowest BCUT2D eigenvalue weighted by atomic mass is 9.83. The smallest absolute Gasteiger partial charge is 0.344 e. The van der Waals surface area contributed by atoms with Gasteiger partial charge in [0.25, 0.3) is 0 Å². The van der Waals surface area contributed by atoms with Crippen LogP contribution < -0.4 is 16.1 Å². The maximum atomic E-state index is 12.9. The van der Waals surface area contributed by atoms with E-state index in [0.717, 1.165) is 4.47 Å². The summed E-state index contributed by atoms with van der Waals surface area (Å²) >= 11 is 3.50. The molecule has 0 saturated heterocycles. The third-order valence-corrected chi connectivity index (χ3v) is 5.29. The van der Waals surface area contributed by atoms with E-state index in [1.165, 1.54) is 0 Å². The molecule has 2 N–H and O–H groups in total. The fraction of sp³-hybridized carbons (Fsp3) is 0.143. The Kier molecular flexibility index (Phi) is 4.68. The highest BCUT2D eigenvalue weighted by atomic mass is 79.9. The van der Waals surface area contributed by atoms with E-state index >= 15 is 0 Å². The first kappa shape index (κ1) is 18.3. The van der Waals surface area contributed by atoms with Crippen molar-refractivity contribution in [3.63, 3.8) is 0 Å². The maximum absolute atomic E-state index is 12.9. The second-order valence-corrected chi connectivity index (χ2v) is 7.04. The summed E-state index contributed by atoms with van der Waals surface area (Å²) in [6, 6.07) is 14.3. The highest BCUT2D eigenvalue weighted by molar-refractivity contribution is 9.10. The molecule has 1 atom stereocenters. The molecule has 0 saturated carbocycles. The number of carbonyl (C=O) groups is 1. The Balaban J connectivity index is 2.07. The van der Waals surface area contributed by atoms with E-state index in [-0.39, 0.29) is 29.4 Å². The predicted molar refractivity (Wildman–Crippen MR) is 107 cm³/mol. The van der Waals surface area contributed by atoms with Gasteiger partial charge in [-0.3, -0.25) is 0 Å². The molecule has 1 aliphatic rings. The summed E-state index contributed by atoms with van der Waals surface area (Å²) in [5, 5.41) is 0.597. The van der Waals surface area contributed by atoms with Crippen molar-refractivity contribution in [1.29, 1.82) is 0 Å². The third kappa shape index (κ3) is 2.88. The average molecular weight is 442 g/mol. The minimum absolute atomic E-state index is 0.0730. The molecule has 7 heteroatoms. The van der Waals surface area contributed by atoms with E-state index < -0.39 is 17.5 Å². The summed E-state index contributed by atoms with van der Waals surface area (Å²) in [7, 11) is 0. The summed E-state index contributed by atoms with van der Waals surface area (Å²) in [4.78, 5) is 25.6. The summed E-state index contributed by atoms with van der Waals surface area (Å²) in [6.45, 7) is 1.86. The summed E-state index contributed by atoms with van der Waals surface area (Å²) in [5.41, 5.74) is 6.90. The van der Waals surface area contributed by atoms with Gasteiger partial charge in [-0.25, -0.2) is 9.59 Å². The lowest BCUT2D eigenvalue weighted by Gasteiger charge is -2.28. The van der Waals surface area contributed by atoms with Crippen LogP contribution >= 0.6 is 15.9 Å². The number of halogens is 1. The number of hydrogen-bond donors (Lipinski definition) is 1. The van der Waals surface area contributed by atoms with Crippen molar-refractivity contribution in [2.75, 3.05) is 6.61 Å². The molecule has 2 aromatic carbocycles. The fourth-order valence-electron chi connectivity index (χ4n) is 3.39. The van der Waals surface area contributed by atoms with Crippen molar-refractivity contribution in [3.05, 3.63) is 86.0 Å². The number of nitrogens with two attached hydrogens (primary N) is 1. The topological polar surface area (TPSA) is 91.8 Å². The van der Waals surface area contributed by atoms with Gasteiger partial charge in [0.2, 0.25) is 5.88 Å². The largest absolute Gasteiger partial charge is 0.462 e. The Bertz CT molecular complexity index is 1180. The van der Waals surface area contributed by atoms with E-state index in [4.69, 9.17) is 19.6 Å². The van der Waals surface area contributed by atoms with E-state index in [2.05, 4.69) is 15.9 Å². The van der Waals surface area contributed by atoms with Crippen LogP contribution in [0.25, 0.3) is 11.0 Å². The van der Waals surface area contributed by atoms with Crippen molar-refractivity contribution in [1.82, 2.24) is 0 Å². The van der Waals surface area contributed by atoms with Crippen LogP contribution in [0.2, 0.25) is 0 Å². The van der Waals surface area contributed by atoms with E-state index in [0.29, 0.717) is 16.5 Å². The first-order chi connectivity index (χ1) is 13.5. The zero-order valence-corrected chi connectivity index (χ0v) is 16.5. The first-order valence-electron chi connectivity index (χ1n) is 8.67. The molecule has 28 heavy (non-hydrogen) atoms. The van der Waals surface area contributed by atoms with Crippen LogP contribution in [0.5, 0.6) is 5.75 Å². The molecule has 1 aliphatic heterocycles. The molecule has 0 spiro atoms. The molecular formula is C21H16BrNO5. The Morgan fingerprint density at radius 1 is 1.18 bits per heavy atom. The summed E-state index contributed by atoms with van der Waals surface area (Å²) in [6.07, 6.45) is 0. The van der Waals surface area contributed by atoms with Gasteiger partial charge in [0, 0.05) is 4.47 Å². The summed E-state index contributed by atoms with van der Waals surface area (Å²) < 4.78 is 17.2. The highest BCUT2D eigenvalue weighted by Gasteiger charge is 2.39. The molecule has 1 aromatic heterocycles. The predicted octanol–water partition coefficient (Wildman–Crippen LogP) is 3.81. The Hall–Kier alpha value is -3.06. The zero-order chi connectivity index (χ0) is 19.8. The molecule has 2 heterocycles. The van der Waals surface area contributed by atoms with Crippen LogP contribution in [-0.4, -0.2) is 12.6 Å². The van der Waals surface area contributed by atoms with Crippen molar-refractivity contribution >= 4 is 32.9 Å². The highest BCUT2D eigenvalue weighted by Crippen LogP contribution is 2.45. The molecule has 0 aliphatic carbocycles. The number of fused-ring (bicyclic) bond motifs is 3. The Labute approximate surface area is 168 Å². The number of hydrogen-bond acceptors (Lipinski definition) is 6. The van der Waals surface area contributed by atoms with Crippen LogP contribution in [0.3, 0.4) is 0 Å². The number of carbonyl (C=O) groups excluding carboxylic acids is 1. The van der Waals surface area contributed by atoms with Crippen LogP contribution in [0.1, 0.15) is 24.0 Å². The Morgan fingerprint density at radius 3 is 2.64 bits per heavy atom. The van der Waals surface area contributed by atoms with E-state index in [1.54, 1.807) is 31.2 Å². The van der Waals surface area contributed by atoms with Crippen molar-refractivity contribution < 1.29 is 18.7 Å². The molecule has 0 bridgehead atoms. The SMILES string of the molecule is CCOC(=O)C1=C(N)Oc2c(c(=O)oc3ccccc23)[C@@H]1c1ccccc1Br. The number of ether oxygens (including phenoxy) is 2. The van der Waals surface area contributed by atoms with E-state index in [9.17, 15) is 9.59 Å². The minimum atomic E-state index is -0.792. The number of para-hydroxylation sites is 1. The van der Waals surface area contributed by atoms with Crippen molar-refractivity contribution in [3.8, 4) is 5.75 Å². The van der Waals surface area contributed by atoms with Crippen LogP contribution in [0, 0.1) is 0 Å². The normalized spacial score (nSPS) is 15.9. The average Bonchev–Trinajstić information content (AvgIpc) is 2.67. The number of benzene rings is 2. The molecule has 4 rings (SSSR count). The molecule has 3 aromatic rings. The molecule has 6 nitrogen and oxygen atoms in total. The molecule has 0 radical (unpaired) electrons. The van der Waals surface area contributed by atoms with Gasteiger partial charge >= 0.3 is 11.6 Å². The number of rotatable bonds is 3. The van der Waals surface area contributed by atoms with Gasteiger partial charge in [0.15, 0.2) is 5.75 Å². The van der Waals surface area contributed by atoms with Crippen LogP contribution in [0.15, 0.2) is 73.7 Å². The minimum Gasteiger partial charge on any atom is -0.462 e. The Morgan fingerprint density at radius 2 is 1.89 bits per heavy atom.